The van der Waals surface area contributed by atoms with E-state index in [-0.39, 0.29) is 17.7 Å². The molecule has 4 heterocycles. The second-order valence-corrected chi connectivity index (χ2v) is 6.61. The summed E-state index contributed by atoms with van der Waals surface area (Å²) in [6.07, 6.45) is 5.18. The van der Waals surface area contributed by atoms with Crippen LogP contribution in [-0.2, 0) is 4.79 Å². The van der Waals surface area contributed by atoms with Crippen molar-refractivity contribution in [1.82, 2.24) is 25.2 Å². The van der Waals surface area contributed by atoms with Gasteiger partial charge < -0.3 is 15.0 Å². The van der Waals surface area contributed by atoms with E-state index in [1.807, 2.05) is 12.1 Å². The van der Waals surface area contributed by atoms with Crippen LogP contribution in [0.15, 0.2) is 43.0 Å². The zero-order chi connectivity index (χ0) is 18.0. The van der Waals surface area contributed by atoms with Crippen molar-refractivity contribution in [3.05, 3.63) is 48.7 Å². The molecule has 2 aromatic heterocycles. The van der Waals surface area contributed by atoms with Crippen LogP contribution in [0.1, 0.15) is 16.9 Å². The van der Waals surface area contributed by atoms with Gasteiger partial charge in [0, 0.05) is 44.0 Å². The van der Waals surface area contributed by atoms with Crippen molar-refractivity contribution in [1.29, 1.82) is 0 Å². The molecule has 0 bridgehead atoms. The van der Waals surface area contributed by atoms with Gasteiger partial charge in [0.2, 0.25) is 11.8 Å². The minimum absolute atomic E-state index is 0.00916. The van der Waals surface area contributed by atoms with Crippen LogP contribution < -0.4 is 10.1 Å². The lowest BCUT2D eigenvalue weighted by Gasteiger charge is -2.27. The van der Waals surface area contributed by atoms with Crippen molar-refractivity contribution in [2.24, 2.45) is 11.3 Å². The van der Waals surface area contributed by atoms with E-state index in [0.29, 0.717) is 44.2 Å². The fourth-order valence-corrected chi connectivity index (χ4v) is 3.71. The van der Waals surface area contributed by atoms with Gasteiger partial charge in [-0.25, -0.2) is 15.0 Å². The Bertz CT molecular complexity index is 801. The topological polar surface area (TPSA) is 97.3 Å². The molecule has 0 saturated carbocycles. The second-order valence-electron chi connectivity index (χ2n) is 6.61. The number of aromatic nitrogens is 3. The van der Waals surface area contributed by atoms with Gasteiger partial charge in [0.25, 0.3) is 5.91 Å². The predicted molar refractivity (Wildman–Crippen MR) is 91.2 cm³/mol. The third-order valence-corrected chi connectivity index (χ3v) is 5.20. The fraction of sp³-hybridized carbons (Fsp3) is 0.389. The maximum atomic E-state index is 12.6. The summed E-state index contributed by atoms with van der Waals surface area (Å²) >= 11 is 0. The number of likely N-dealkylation sites (tertiary alicyclic amines) is 1. The van der Waals surface area contributed by atoms with Gasteiger partial charge in [0.15, 0.2) is 0 Å². The Hall–Kier alpha value is -3.03. The normalized spacial score (nSPS) is 24.7. The van der Waals surface area contributed by atoms with Crippen molar-refractivity contribution in [3.63, 3.8) is 0 Å². The number of hydrogen-bond acceptors (Lipinski definition) is 6. The first-order valence-electron chi connectivity index (χ1n) is 8.56. The van der Waals surface area contributed by atoms with E-state index in [1.54, 1.807) is 23.2 Å². The van der Waals surface area contributed by atoms with E-state index < -0.39 is 5.41 Å². The largest absolute Gasteiger partial charge is 0.477 e. The first kappa shape index (κ1) is 16.4. The Morgan fingerprint density at radius 2 is 2.23 bits per heavy atom. The van der Waals surface area contributed by atoms with Crippen LogP contribution in [0, 0.1) is 11.3 Å². The van der Waals surface area contributed by atoms with Crippen molar-refractivity contribution < 1.29 is 14.3 Å². The summed E-state index contributed by atoms with van der Waals surface area (Å²) in [5.41, 5.74) is -0.269. The average molecular weight is 353 g/mol. The molecule has 1 spiro atoms. The molecule has 8 heteroatoms. The number of carbonyl (C=O) groups is 2. The molecule has 134 valence electrons. The molecule has 0 aliphatic carbocycles. The van der Waals surface area contributed by atoms with Crippen molar-refractivity contribution in [2.75, 3.05) is 26.2 Å². The summed E-state index contributed by atoms with van der Waals surface area (Å²) in [7, 11) is 0. The molecule has 0 unspecified atom stereocenters. The minimum atomic E-state index is -0.614. The molecule has 2 amide bonds. The van der Waals surface area contributed by atoms with Gasteiger partial charge in [-0.05, 0) is 18.6 Å². The van der Waals surface area contributed by atoms with Gasteiger partial charge in [-0.2, -0.15) is 0 Å². The van der Waals surface area contributed by atoms with Gasteiger partial charge >= 0.3 is 0 Å². The molecular weight excluding hydrogens is 334 g/mol. The molecule has 2 aliphatic rings. The van der Waals surface area contributed by atoms with Crippen molar-refractivity contribution in [3.8, 4) is 5.88 Å². The molecule has 2 fully saturated rings. The molecule has 8 nitrogen and oxygen atoms in total. The molecule has 1 N–H and O–H groups in total. The van der Waals surface area contributed by atoms with Gasteiger partial charge in [-0.15, -0.1) is 0 Å². The zero-order valence-corrected chi connectivity index (χ0v) is 14.2. The molecule has 0 aromatic carbocycles. The van der Waals surface area contributed by atoms with E-state index in [2.05, 4.69) is 20.3 Å². The number of pyridine rings is 1. The van der Waals surface area contributed by atoms with Crippen molar-refractivity contribution in [2.45, 2.75) is 6.42 Å². The van der Waals surface area contributed by atoms with Crippen LogP contribution in [0.2, 0.25) is 0 Å². The molecule has 26 heavy (non-hydrogen) atoms. The highest BCUT2D eigenvalue weighted by Crippen LogP contribution is 2.42. The van der Waals surface area contributed by atoms with Crippen LogP contribution in [0.3, 0.4) is 0 Å². The molecule has 2 atom stereocenters. The third kappa shape index (κ3) is 2.87. The van der Waals surface area contributed by atoms with Crippen LogP contribution in [0.5, 0.6) is 5.88 Å². The standard InChI is InChI=1S/C18H19N5O3/c24-16(14-4-7-19-12-22-14)23-8-5-18(11-23)13(9-21-17(18)25)10-26-15-3-1-2-6-20-15/h1-4,6-7,12-13H,5,8-11H2,(H,21,25)/t13-,18-/m1/s1. The summed E-state index contributed by atoms with van der Waals surface area (Å²) in [5.74, 6) is 0.340. The maximum Gasteiger partial charge on any atom is 0.272 e. The summed E-state index contributed by atoms with van der Waals surface area (Å²) < 4.78 is 5.78. The lowest BCUT2D eigenvalue weighted by Crippen LogP contribution is -2.41. The lowest BCUT2D eigenvalue weighted by molar-refractivity contribution is -0.128. The van der Waals surface area contributed by atoms with Crippen LogP contribution >= 0.6 is 0 Å². The third-order valence-electron chi connectivity index (χ3n) is 5.20. The van der Waals surface area contributed by atoms with E-state index in [1.165, 1.54) is 12.5 Å². The fourth-order valence-electron chi connectivity index (χ4n) is 3.71. The maximum absolute atomic E-state index is 12.6. The van der Waals surface area contributed by atoms with Gasteiger partial charge in [-0.1, -0.05) is 6.07 Å². The SMILES string of the molecule is O=C(c1ccncn1)N1CC[C@]2(C1)C(=O)NC[C@@H]2COc1ccccn1. The van der Waals surface area contributed by atoms with Crippen LogP contribution in [0.25, 0.3) is 0 Å². The van der Waals surface area contributed by atoms with Crippen molar-refractivity contribution >= 4 is 11.8 Å². The molecule has 2 aliphatic heterocycles. The first-order chi connectivity index (χ1) is 12.7. The summed E-state index contributed by atoms with van der Waals surface area (Å²) in [6, 6.07) is 7.05. The molecular formula is C18H19N5O3. The molecule has 4 rings (SSSR count). The number of carbonyl (C=O) groups excluding carboxylic acids is 2. The number of amides is 2. The number of nitrogens with one attached hydrogen (secondary N) is 1. The molecule has 0 radical (unpaired) electrons. The quantitative estimate of drug-likeness (QED) is 0.861. The Kier molecular flexibility index (Phi) is 4.24. The Labute approximate surface area is 150 Å². The summed E-state index contributed by atoms with van der Waals surface area (Å²) in [6.45, 7) is 1.82. The summed E-state index contributed by atoms with van der Waals surface area (Å²) in [5, 5.41) is 2.93. The van der Waals surface area contributed by atoms with Gasteiger partial charge in [0.1, 0.15) is 12.0 Å². The zero-order valence-electron chi connectivity index (χ0n) is 14.2. The molecule has 2 saturated heterocycles. The summed E-state index contributed by atoms with van der Waals surface area (Å²) in [4.78, 5) is 38.9. The number of nitrogens with zero attached hydrogens (tertiary/aromatic N) is 4. The number of rotatable bonds is 4. The Morgan fingerprint density at radius 1 is 1.31 bits per heavy atom. The van der Waals surface area contributed by atoms with Gasteiger partial charge in [-0.3, -0.25) is 9.59 Å². The minimum Gasteiger partial charge on any atom is -0.477 e. The van der Waals surface area contributed by atoms with E-state index in [4.69, 9.17) is 4.74 Å². The smallest absolute Gasteiger partial charge is 0.272 e. The highest BCUT2D eigenvalue weighted by molar-refractivity contribution is 5.94. The highest BCUT2D eigenvalue weighted by Gasteiger charge is 2.55. The van der Waals surface area contributed by atoms with Crippen LogP contribution in [0.4, 0.5) is 0 Å². The highest BCUT2D eigenvalue weighted by atomic mass is 16.5. The monoisotopic (exact) mass is 353 g/mol. The second kappa shape index (κ2) is 6.70. The van der Waals surface area contributed by atoms with Gasteiger partial charge in [0.05, 0.1) is 12.0 Å². The Morgan fingerprint density at radius 3 is 3.00 bits per heavy atom. The molecule has 2 aromatic rings. The Balaban J connectivity index is 1.47. The van der Waals surface area contributed by atoms with E-state index in [9.17, 15) is 9.59 Å². The van der Waals surface area contributed by atoms with E-state index >= 15 is 0 Å². The number of hydrogen-bond donors (Lipinski definition) is 1. The predicted octanol–water partition coefficient (Wildman–Crippen LogP) is 0.529. The number of ether oxygens (including phenoxy) is 1. The van der Waals surface area contributed by atoms with E-state index in [0.717, 1.165) is 0 Å². The first-order valence-corrected chi connectivity index (χ1v) is 8.56. The lowest BCUT2D eigenvalue weighted by atomic mass is 9.77. The van der Waals surface area contributed by atoms with Crippen LogP contribution in [-0.4, -0.2) is 57.9 Å². The average Bonchev–Trinajstić information content (AvgIpc) is 3.27.